The summed E-state index contributed by atoms with van der Waals surface area (Å²) in [5.41, 5.74) is 1.03. The Morgan fingerprint density at radius 1 is 1.53 bits per heavy atom. The Bertz CT molecular complexity index is 395. The van der Waals surface area contributed by atoms with Gasteiger partial charge in [-0.05, 0) is 25.8 Å². The van der Waals surface area contributed by atoms with Crippen molar-refractivity contribution in [3.05, 3.63) is 29.6 Å². The number of rotatable bonds is 3. The van der Waals surface area contributed by atoms with Gasteiger partial charge in [-0.2, -0.15) is 0 Å². The SMILES string of the molecule is C[C@H](O)c1cccc(F)c1N1CCCC1CO. The maximum atomic E-state index is 13.9. The third kappa shape index (κ3) is 2.28. The van der Waals surface area contributed by atoms with E-state index in [2.05, 4.69) is 0 Å². The van der Waals surface area contributed by atoms with Crippen molar-refractivity contribution in [2.24, 2.45) is 0 Å². The molecular weight excluding hydrogens is 221 g/mol. The largest absolute Gasteiger partial charge is 0.394 e. The van der Waals surface area contributed by atoms with Crippen LogP contribution in [0.1, 0.15) is 31.4 Å². The highest BCUT2D eigenvalue weighted by molar-refractivity contribution is 5.57. The Balaban J connectivity index is 2.42. The van der Waals surface area contributed by atoms with Crippen molar-refractivity contribution in [1.29, 1.82) is 0 Å². The maximum absolute atomic E-state index is 13.9. The van der Waals surface area contributed by atoms with E-state index in [-0.39, 0.29) is 18.5 Å². The summed E-state index contributed by atoms with van der Waals surface area (Å²) in [6.45, 7) is 2.38. The summed E-state index contributed by atoms with van der Waals surface area (Å²) in [4.78, 5) is 1.87. The first-order chi connectivity index (χ1) is 8.15. The molecule has 1 aliphatic rings. The molecule has 1 aromatic carbocycles. The molecule has 0 spiro atoms. The topological polar surface area (TPSA) is 43.7 Å². The quantitative estimate of drug-likeness (QED) is 0.846. The van der Waals surface area contributed by atoms with Crippen LogP contribution in [0.4, 0.5) is 10.1 Å². The van der Waals surface area contributed by atoms with E-state index in [4.69, 9.17) is 0 Å². The van der Waals surface area contributed by atoms with E-state index in [1.54, 1.807) is 19.1 Å². The zero-order valence-corrected chi connectivity index (χ0v) is 9.93. The van der Waals surface area contributed by atoms with Gasteiger partial charge in [0.2, 0.25) is 0 Å². The van der Waals surface area contributed by atoms with Crippen molar-refractivity contribution in [1.82, 2.24) is 0 Å². The molecule has 2 N–H and O–H groups in total. The number of nitrogens with zero attached hydrogens (tertiary/aromatic N) is 1. The van der Waals surface area contributed by atoms with Crippen molar-refractivity contribution in [3.8, 4) is 0 Å². The molecule has 0 bridgehead atoms. The number of aliphatic hydroxyl groups is 2. The van der Waals surface area contributed by atoms with E-state index < -0.39 is 6.10 Å². The summed E-state index contributed by atoms with van der Waals surface area (Å²) in [6.07, 6.45) is 1.10. The Hall–Kier alpha value is -1.13. The minimum absolute atomic E-state index is 0.0214. The van der Waals surface area contributed by atoms with Crippen LogP contribution in [0.3, 0.4) is 0 Å². The van der Waals surface area contributed by atoms with Crippen molar-refractivity contribution in [2.45, 2.75) is 31.9 Å². The van der Waals surface area contributed by atoms with Crippen LogP contribution in [0.2, 0.25) is 0 Å². The Labute approximate surface area is 100 Å². The van der Waals surface area contributed by atoms with Gasteiger partial charge < -0.3 is 15.1 Å². The lowest BCUT2D eigenvalue weighted by Gasteiger charge is -2.28. The average Bonchev–Trinajstić information content (AvgIpc) is 2.76. The number of halogens is 1. The molecule has 0 aliphatic carbocycles. The molecule has 94 valence electrons. The van der Waals surface area contributed by atoms with Gasteiger partial charge in [0.1, 0.15) is 5.82 Å². The van der Waals surface area contributed by atoms with Gasteiger partial charge in [-0.15, -0.1) is 0 Å². The second-order valence-corrected chi connectivity index (χ2v) is 4.53. The van der Waals surface area contributed by atoms with Crippen molar-refractivity contribution >= 4 is 5.69 Å². The smallest absolute Gasteiger partial charge is 0.146 e. The molecule has 1 fully saturated rings. The van der Waals surface area contributed by atoms with Crippen molar-refractivity contribution < 1.29 is 14.6 Å². The molecular formula is C13H18FNO2. The lowest BCUT2D eigenvalue weighted by atomic mass is 10.1. The maximum Gasteiger partial charge on any atom is 0.146 e. The molecule has 1 heterocycles. The Kier molecular flexibility index (Phi) is 3.64. The van der Waals surface area contributed by atoms with Crippen LogP contribution in [0, 0.1) is 5.82 Å². The minimum atomic E-state index is -0.708. The average molecular weight is 239 g/mol. The van der Waals surface area contributed by atoms with Gasteiger partial charge in [0, 0.05) is 12.1 Å². The monoisotopic (exact) mass is 239 g/mol. The first kappa shape index (κ1) is 12.3. The second kappa shape index (κ2) is 5.02. The molecule has 0 saturated carbocycles. The van der Waals surface area contributed by atoms with Gasteiger partial charge in [-0.1, -0.05) is 12.1 Å². The summed E-state index contributed by atoms with van der Waals surface area (Å²) in [6, 6.07) is 4.69. The number of para-hydroxylation sites is 1. The molecule has 0 aromatic heterocycles. The zero-order valence-electron chi connectivity index (χ0n) is 9.93. The third-order valence-electron chi connectivity index (χ3n) is 3.34. The predicted molar refractivity (Wildman–Crippen MR) is 64.5 cm³/mol. The van der Waals surface area contributed by atoms with Crippen LogP contribution < -0.4 is 4.90 Å². The van der Waals surface area contributed by atoms with Crippen LogP contribution in [0.25, 0.3) is 0 Å². The van der Waals surface area contributed by atoms with Gasteiger partial charge in [0.05, 0.1) is 24.4 Å². The third-order valence-corrected chi connectivity index (χ3v) is 3.34. The second-order valence-electron chi connectivity index (χ2n) is 4.53. The number of hydrogen-bond donors (Lipinski definition) is 2. The first-order valence-electron chi connectivity index (χ1n) is 5.99. The fourth-order valence-corrected chi connectivity index (χ4v) is 2.49. The minimum Gasteiger partial charge on any atom is -0.394 e. The zero-order chi connectivity index (χ0) is 12.4. The molecule has 0 radical (unpaired) electrons. The molecule has 0 amide bonds. The number of benzene rings is 1. The molecule has 17 heavy (non-hydrogen) atoms. The van der Waals surface area contributed by atoms with Crippen molar-refractivity contribution in [3.63, 3.8) is 0 Å². The standard InChI is InChI=1S/C13H18FNO2/c1-9(17)11-5-2-6-12(14)13(11)15-7-3-4-10(15)8-16/h2,5-6,9-10,16-17H,3-4,7-8H2,1H3/t9-,10?/m0/s1. The highest BCUT2D eigenvalue weighted by Gasteiger charge is 2.28. The predicted octanol–water partition coefficient (Wildman–Crippen LogP) is 1.84. The Morgan fingerprint density at radius 3 is 2.94 bits per heavy atom. The van der Waals surface area contributed by atoms with Gasteiger partial charge in [0.25, 0.3) is 0 Å². The summed E-state index contributed by atoms with van der Waals surface area (Å²) >= 11 is 0. The molecule has 1 aliphatic heterocycles. The number of hydrogen-bond acceptors (Lipinski definition) is 3. The molecule has 1 saturated heterocycles. The van der Waals surface area contributed by atoms with E-state index in [0.29, 0.717) is 11.3 Å². The fourth-order valence-electron chi connectivity index (χ4n) is 2.49. The van der Waals surface area contributed by atoms with Crippen LogP contribution >= 0.6 is 0 Å². The van der Waals surface area contributed by atoms with Gasteiger partial charge in [-0.25, -0.2) is 4.39 Å². The van der Waals surface area contributed by atoms with Gasteiger partial charge in [-0.3, -0.25) is 0 Å². The summed E-state index contributed by atoms with van der Waals surface area (Å²) in [7, 11) is 0. The molecule has 2 rings (SSSR count). The molecule has 1 unspecified atom stereocenters. The van der Waals surface area contributed by atoms with Crippen LogP contribution in [-0.2, 0) is 0 Å². The van der Waals surface area contributed by atoms with Gasteiger partial charge in [0.15, 0.2) is 0 Å². The van der Waals surface area contributed by atoms with Crippen LogP contribution in [-0.4, -0.2) is 29.4 Å². The fraction of sp³-hybridized carbons (Fsp3) is 0.538. The van der Waals surface area contributed by atoms with E-state index >= 15 is 0 Å². The molecule has 4 heteroatoms. The summed E-state index contributed by atoms with van der Waals surface area (Å²) in [5, 5.41) is 19.0. The molecule has 3 nitrogen and oxygen atoms in total. The molecule has 1 aromatic rings. The summed E-state index contributed by atoms with van der Waals surface area (Å²) < 4.78 is 13.9. The normalized spacial score (nSPS) is 21.9. The Morgan fingerprint density at radius 2 is 2.29 bits per heavy atom. The highest BCUT2D eigenvalue weighted by atomic mass is 19.1. The van der Waals surface area contributed by atoms with E-state index in [9.17, 15) is 14.6 Å². The lowest BCUT2D eigenvalue weighted by molar-refractivity contribution is 0.198. The first-order valence-corrected chi connectivity index (χ1v) is 5.99. The number of anilines is 1. The lowest BCUT2D eigenvalue weighted by Crippen LogP contribution is -2.33. The van der Waals surface area contributed by atoms with E-state index in [1.807, 2.05) is 4.90 Å². The van der Waals surface area contributed by atoms with Crippen molar-refractivity contribution in [2.75, 3.05) is 18.1 Å². The highest BCUT2D eigenvalue weighted by Crippen LogP contribution is 2.34. The summed E-state index contributed by atoms with van der Waals surface area (Å²) in [5.74, 6) is -0.330. The van der Waals surface area contributed by atoms with E-state index in [0.717, 1.165) is 19.4 Å². The van der Waals surface area contributed by atoms with E-state index in [1.165, 1.54) is 6.07 Å². The molecule has 2 atom stereocenters. The van der Waals surface area contributed by atoms with Gasteiger partial charge >= 0.3 is 0 Å². The van der Waals surface area contributed by atoms with Crippen LogP contribution in [0.15, 0.2) is 18.2 Å². The number of aliphatic hydroxyl groups excluding tert-OH is 2. The van der Waals surface area contributed by atoms with Crippen LogP contribution in [0.5, 0.6) is 0 Å².